The lowest BCUT2D eigenvalue weighted by Crippen LogP contribution is -2.13. The summed E-state index contributed by atoms with van der Waals surface area (Å²) >= 11 is 0. The van der Waals surface area contributed by atoms with E-state index in [2.05, 4.69) is 36.4 Å². The van der Waals surface area contributed by atoms with E-state index in [1.165, 1.54) is 41.5 Å². The highest BCUT2D eigenvalue weighted by Crippen LogP contribution is 2.25. The Morgan fingerprint density at radius 1 is 1.32 bits per heavy atom. The molecule has 1 aromatic carbocycles. The first-order valence-electron chi connectivity index (χ1n) is 7.15. The summed E-state index contributed by atoms with van der Waals surface area (Å²) in [6.07, 6.45) is 8.61. The molecule has 0 saturated carbocycles. The Balaban J connectivity index is 1.74. The molecule has 2 N–H and O–H groups in total. The van der Waals surface area contributed by atoms with Crippen molar-refractivity contribution >= 4 is 0 Å². The third-order valence-corrected chi connectivity index (χ3v) is 4.02. The van der Waals surface area contributed by atoms with Gasteiger partial charge in [0, 0.05) is 18.8 Å². The summed E-state index contributed by atoms with van der Waals surface area (Å²) in [5.41, 5.74) is 11.8. The van der Waals surface area contributed by atoms with Crippen LogP contribution in [0, 0.1) is 0 Å². The third kappa shape index (κ3) is 2.56. The van der Waals surface area contributed by atoms with E-state index in [4.69, 9.17) is 5.73 Å². The van der Waals surface area contributed by atoms with E-state index >= 15 is 0 Å². The van der Waals surface area contributed by atoms with E-state index < -0.39 is 0 Å². The zero-order valence-electron chi connectivity index (χ0n) is 11.5. The van der Waals surface area contributed by atoms with Crippen LogP contribution in [0.15, 0.2) is 30.6 Å². The lowest BCUT2D eigenvalue weighted by Gasteiger charge is -2.12. The fourth-order valence-electron chi connectivity index (χ4n) is 2.88. The van der Waals surface area contributed by atoms with Gasteiger partial charge in [0.05, 0.1) is 6.20 Å². The molecule has 1 aromatic heterocycles. The molecule has 3 nitrogen and oxygen atoms in total. The molecule has 19 heavy (non-hydrogen) atoms. The van der Waals surface area contributed by atoms with Crippen LogP contribution in [0.25, 0.3) is 0 Å². The van der Waals surface area contributed by atoms with Crippen molar-refractivity contribution in [2.24, 2.45) is 5.73 Å². The van der Waals surface area contributed by atoms with E-state index in [1.54, 1.807) is 0 Å². The summed E-state index contributed by atoms with van der Waals surface area (Å²) in [5.74, 6) is 0. The number of fused-ring (bicyclic) bond motifs is 1. The van der Waals surface area contributed by atoms with Crippen LogP contribution < -0.4 is 5.73 Å². The first kappa shape index (κ1) is 12.4. The molecule has 0 bridgehead atoms. The van der Waals surface area contributed by atoms with Crippen molar-refractivity contribution < 1.29 is 0 Å². The van der Waals surface area contributed by atoms with Crippen molar-refractivity contribution in [3.05, 3.63) is 52.8 Å². The normalized spacial score (nSPS) is 15.5. The van der Waals surface area contributed by atoms with Crippen molar-refractivity contribution in [3.8, 4) is 0 Å². The van der Waals surface area contributed by atoms with Gasteiger partial charge in [-0.05, 0) is 54.9 Å². The molecular weight excluding hydrogens is 234 g/mol. The molecule has 1 aliphatic rings. The van der Waals surface area contributed by atoms with E-state index in [9.17, 15) is 0 Å². The molecule has 1 atom stereocenters. The molecular formula is C16H21N3. The van der Waals surface area contributed by atoms with Crippen molar-refractivity contribution in [2.45, 2.75) is 45.2 Å². The van der Waals surface area contributed by atoms with Crippen molar-refractivity contribution in [1.82, 2.24) is 9.78 Å². The summed E-state index contributed by atoms with van der Waals surface area (Å²) in [6.45, 7) is 3.01. The molecule has 3 heteroatoms. The SMILES string of the molecule is CCn1cc(CC(N)c2ccc3c(c2)CCC3)cn1. The van der Waals surface area contributed by atoms with Crippen molar-refractivity contribution in [1.29, 1.82) is 0 Å². The Morgan fingerprint density at radius 2 is 2.16 bits per heavy atom. The predicted octanol–water partition coefficient (Wildman–Crippen LogP) is 2.63. The maximum Gasteiger partial charge on any atom is 0.0522 e. The zero-order valence-corrected chi connectivity index (χ0v) is 11.5. The van der Waals surface area contributed by atoms with Gasteiger partial charge in [-0.1, -0.05) is 18.2 Å². The van der Waals surface area contributed by atoms with Gasteiger partial charge in [-0.3, -0.25) is 4.68 Å². The van der Waals surface area contributed by atoms with Gasteiger partial charge in [0.1, 0.15) is 0 Å². The van der Waals surface area contributed by atoms with E-state index in [0.717, 1.165) is 13.0 Å². The molecule has 2 aromatic rings. The second kappa shape index (κ2) is 5.17. The first-order chi connectivity index (χ1) is 9.26. The Hall–Kier alpha value is -1.61. The molecule has 1 heterocycles. The first-order valence-corrected chi connectivity index (χ1v) is 7.15. The minimum absolute atomic E-state index is 0.0698. The molecule has 1 aliphatic carbocycles. The minimum atomic E-state index is 0.0698. The van der Waals surface area contributed by atoms with E-state index in [0.29, 0.717) is 0 Å². The molecule has 3 rings (SSSR count). The average molecular weight is 255 g/mol. The summed E-state index contributed by atoms with van der Waals surface area (Å²) in [4.78, 5) is 0. The third-order valence-electron chi connectivity index (χ3n) is 4.02. The predicted molar refractivity (Wildman–Crippen MR) is 77.0 cm³/mol. The molecule has 0 fully saturated rings. The van der Waals surface area contributed by atoms with Crippen LogP contribution >= 0.6 is 0 Å². The number of nitrogens with two attached hydrogens (primary N) is 1. The van der Waals surface area contributed by atoms with Gasteiger partial charge in [0.15, 0.2) is 0 Å². The van der Waals surface area contributed by atoms with Crippen LogP contribution in [0.3, 0.4) is 0 Å². The Labute approximate surface area is 114 Å². The fourth-order valence-corrected chi connectivity index (χ4v) is 2.88. The maximum absolute atomic E-state index is 6.33. The van der Waals surface area contributed by atoms with Gasteiger partial charge >= 0.3 is 0 Å². The van der Waals surface area contributed by atoms with Crippen molar-refractivity contribution in [3.63, 3.8) is 0 Å². The molecule has 0 aliphatic heterocycles. The Kier molecular flexibility index (Phi) is 3.38. The number of aryl methyl sites for hydroxylation is 3. The summed E-state index contributed by atoms with van der Waals surface area (Å²) in [7, 11) is 0. The Morgan fingerprint density at radius 3 is 2.95 bits per heavy atom. The zero-order chi connectivity index (χ0) is 13.2. The number of nitrogens with zero attached hydrogens (tertiary/aromatic N) is 2. The van der Waals surface area contributed by atoms with Crippen LogP contribution in [-0.4, -0.2) is 9.78 Å². The lowest BCUT2D eigenvalue weighted by atomic mass is 9.98. The summed E-state index contributed by atoms with van der Waals surface area (Å²) in [5, 5.41) is 4.30. The Bertz CT molecular complexity index is 571. The molecule has 0 spiro atoms. The monoisotopic (exact) mass is 255 g/mol. The largest absolute Gasteiger partial charge is 0.324 e. The number of benzene rings is 1. The van der Waals surface area contributed by atoms with Crippen molar-refractivity contribution in [2.75, 3.05) is 0 Å². The van der Waals surface area contributed by atoms with Gasteiger partial charge in [-0.15, -0.1) is 0 Å². The summed E-state index contributed by atoms with van der Waals surface area (Å²) < 4.78 is 1.95. The van der Waals surface area contributed by atoms with Crippen LogP contribution in [0.4, 0.5) is 0 Å². The smallest absolute Gasteiger partial charge is 0.0522 e. The summed E-state index contributed by atoms with van der Waals surface area (Å²) in [6, 6.07) is 6.82. The van der Waals surface area contributed by atoms with Gasteiger partial charge in [-0.2, -0.15) is 5.10 Å². The molecule has 0 amide bonds. The van der Waals surface area contributed by atoms with E-state index in [-0.39, 0.29) is 6.04 Å². The highest BCUT2D eigenvalue weighted by molar-refractivity contribution is 5.36. The average Bonchev–Trinajstić information content (AvgIpc) is 3.05. The number of hydrogen-bond acceptors (Lipinski definition) is 2. The topological polar surface area (TPSA) is 43.8 Å². The second-order valence-corrected chi connectivity index (χ2v) is 5.40. The van der Waals surface area contributed by atoms with Crippen LogP contribution in [0.5, 0.6) is 0 Å². The van der Waals surface area contributed by atoms with Gasteiger partial charge < -0.3 is 5.73 Å². The van der Waals surface area contributed by atoms with E-state index in [1.807, 2.05) is 10.9 Å². The molecule has 1 unspecified atom stereocenters. The highest BCUT2D eigenvalue weighted by atomic mass is 15.3. The maximum atomic E-state index is 6.33. The van der Waals surface area contributed by atoms with Gasteiger partial charge in [-0.25, -0.2) is 0 Å². The number of rotatable bonds is 4. The molecule has 100 valence electrons. The standard InChI is InChI=1S/C16H21N3/c1-2-19-11-12(10-18-19)8-16(17)15-7-6-13-4-3-5-14(13)9-15/h6-7,9-11,16H,2-5,8,17H2,1H3. The lowest BCUT2D eigenvalue weighted by molar-refractivity contribution is 0.657. The van der Waals surface area contributed by atoms with Crippen LogP contribution in [-0.2, 0) is 25.8 Å². The van der Waals surface area contributed by atoms with Crippen LogP contribution in [0.1, 0.15) is 41.6 Å². The van der Waals surface area contributed by atoms with Crippen LogP contribution in [0.2, 0.25) is 0 Å². The molecule has 0 radical (unpaired) electrons. The highest BCUT2D eigenvalue weighted by Gasteiger charge is 2.14. The fraction of sp³-hybridized carbons (Fsp3) is 0.438. The minimum Gasteiger partial charge on any atom is -0.324 e. The van der Waals surface area contributed by atoms with Gasteiger partial charge in [0.25, 0.3) is 0 Å². The van der Waals surface area contributed by atoms with Gasteiger partial charge in [0.2, 0.25) is 0 Å². The number of aromatic nitrogens is 2. The second-order valence-electron chi connectivity index (χ2n) is 5.40. The molecule has 0 saturated heterocycles. The quantitative estimate of drug-likeness (QED) is 0.912. The number of hydrogen-bond donors (Lipinski definition) is 1.